The van der Waals surface area contributed by atoms with Gasteiger partial charge in [-0.25, -0.2) is 0 Å². The number of phenolic OH excluding ortho intramolecular Hbond substituents is 1. The van der Waals surface area contributed by atoms with E-state index in [1.54, 1.807) is 13.2 Å². The van der Waals surface area contributed by atoms with Crippen molar-refractivity contribution < 1.29 is 45.8 Å². The van der Waals surface area contributed by atoms with Crippen molar-refractivity contribution >= 4 is 11.6 Å². The van der Waals surface area contributed by atoms with Crippen molar-refractivity contribution in [3.63, 3.8) is 0 Å². The van der Waals surface area contributed by atoms with E-state index in [1.165, 1.54) is 0 Å². The van der Waals surface area contributed by atoms with E-state index in [2.05, 4.69) is 23.5 Å². The number of amides is 1. The fourth-order valence-electron chi connectivity index (χ4n) is 4.32. The zero-order chi connectivity index (χ0) is 20.9. The molecule has 0 radical (unpaired) electrons. The van der Waals surface area contributed by atoms with E-state index in [1.807, 2.05) is 35.2 Å². The Morgan fingerprint density at radius 2 is 2.03 bits per heavy atom. The number of likely N-dealkylation sites (tertiary alicyclic amines) is 1. The Labute approximate surface area is 215 Å². The van der Waals surface area contributed by atoms with E-state index in [4.69, 9.17) is 4.74 Å². The molecule has 2 aromatic carbocycles. The average molecular weight is 659 g/mol. The van der Waals surface area contributed by atoms with Crippen molar-refractivity contribution in [3.8, 4) is 11.5 Å². The first-order valence-corrected chi connectivity index (χ1v) is 10.7. The third-order valence-electron chi connectivity index (χ3n) is 6.07. The zero-order valence-corrected chi connectivity index (χ0v) is 23.1. The quantitative estimate of drug-likeness (QED) is 0.244. The minimum Gasteiger partial charge on any atom is -0.523 e. The summed E-state index contributed by atoms with van der Waals surface area (Å²) >= 11 is 0. The maximum Gasteiger partial charge on any atom is 2.00 e. The first-order chi connectivity index (χ1) is 14.6. The molecule has 2 aliphatic rings. The average Bonchev–Trinajstić information content (AvgIpc) is 3.40. The van der Waals surface area contributed by atoms with E-state index in [0.29, 0.717) is 18.9 Å². The van der Waals surface area contributed by atoms with E-state index in [9.17, 15) is 9.90 Å². The number of anilines is 1. The molecule has 6 heteroatoms. The van der Waals surface area contributed by atoms with Gasteiger partial charge in [-0.05, 0) is 42.9 Å². The number of ether oxygens (including phenoxy) is 1. The smallest absolute Gasteiger partial charge is 0.523 e. The minimum absolute atomic E-state index is 0. The van der Waals surface area contributed by atoms with Crippen LogP contribution in [0.2, 0.25) is 0 Å². The largest absolute Gasteiger partial charge is 2.00 e. The molecule has 5 nitrogen and oxygen atoms in total. The fraction of sp³-hybridized carbons (Fsp3) is 0.385. The molecule has 1 aliphatic heterocycles. The molecule has 2 atom stereocenters. The number of nitrogens with one attached hydrogen (secondary N) is 1. The number of aromatic hydroxyl groups is 1. The minimum atomic E-state index is 0. The third kappa shape index (κ3) is 6.56. The van der Waals surface area contributed by atoms with Crippen molar-refractivity contribution in [1.82, 2.24) is 4.90 Å². The summed E-state index contributed by atoms with van der Waals surface area (Å²) in [7, 11) is 1.63. The van der Waals surface area contributed by atoms with E-state index >= 15 is 0 Å². The van der Waals surface area contributed by atoms with Gasteiger partial charge in [0, 0.05) is 31.3 Å². The number of phenols is 1. The molecular formula is C26H32N2O3U. The van der Waals surface area contributed by atoms with Crippen LogP contribution in [0, 0.1) is 50.5 Å². The van der Waals surface area contributed by atoms with E-state index in [0.717, 1.165) is 54.8 Å². The first kappa shape index (κ1) is 26.4. The second-order valence-electron chi connectivity index (χ2n) is 8.18. The molecule has 4 rings (SSSR count). The van der Waals surface area contributed by atoms with Crippen molar-refractivity contribution in [1.29, 1.82) is 0 Å². The van der Waals surface area contributed by atoms with Gasteiger partial charge in [-0.15, -0.1) is 12.1 Å². The van der Waals surface area contributed by atoms with Crippen molar-refractivity contribution in [3.05, 3.63) is 73.2 Å². The number of rotatable bonds is 8. The van der Waals surface area contributed by atoms with Crippen LogP contribution >= 0.6 is 0 Å². The van der Waals surface area contributed by atoms with Gasteiger partial charge in [-0.2, -0.15) is 17.7 Å². The predicted molar refractivity (Wildman–Crippen MR) is 124 cm³/mol. The zero-order valence-electron chi connectivity index (χ0n) is 18.9. The third-order valence-corrected chi connectivity index (χ3v) is 6.07. The summed E-state index contributed by atoms with van der Waals surface area (Å²) in [5.74, 6) is 1.67. The monoisotopic (exact) mass is 658 g/mol. The molecule has 1 saturated heterocycles. The summed E-state index contributed by atoms with van der Waals surface area (Å²) in [6.45, 7) is 1.37. The van der Waals surface area contributed by atoms with Gasteiger partial charge < -0.3 is 27.5 Å². The Morgan fingerprint density at radius 3 is 2.72 bits per heavy atom. The molecule has 0 bridgehead atoms. The summed E-state index contributed by atoms with van der Waals surface area (Å²) in [4.78, 5) is 14.5. The molecule has 2 unspecified atom stereocenters. The second kappa shape index (κ2) is 12.4. The number of nitrogens with zero attached hydrogens (tertiary/aromatic N) is 1. The van der Waals surface area contributed by atoms with Crippen LogP contribution < -0.4 is 10.1 Å². The van der Waals surface area contributed by atoms with Gasteiger partial charge in [0.25, 0.3) is 0 Å². The molecule has 0 spiro atoms. The van der Waals surface area contributed by atoms with Gasteiger partial charge >= 0.3 is 31.1 Å². The van der Waals surface area contributed by atoms with E-state index in [-0.39, 0.29) is 56.2 Å². The molecule has 0 aromatic heterocycles. The molecule has 2 aromatic rings. The fourth-order valence-corrected chi connectivity index (χ4v) is 4.32. The number of allylic oxidation sites excluding steroid dienone is 1. The van der Waals surface area contributed by atoms with Gasteiger partial charge in [0.1, 0.15) is 5.75 Å². The van der Waals surface area contributed by atoms with Crippen molar-refractivity contribution in [2.75, 3.05) is 19.0 Å². The maximum atomic E-state index is 12.6. The van der Waals surface area contributed by atoms with Gasteiger partial charge in [0.2, 0.25) is 5.91 Å². The van der Waals surface area contributed by atoms with Gasteiger partial charge in [0.05, 0.1) is 12.8 Å². The molecule has 2 N–H and O–H groups in total. The van der Waals surface area contributed by atoms with Crippen LogP contribution in [-0.4, -0.2) is 35.6 Å². The molecular weight excluding hydrogens is 626 g/mol. The maximum absolute atomic E-state index is 12.6. The molecule has 32 heavy (non-hydrogen) atoms. The Morgan fingerprint density at radius 1 is 1.22 bits per heavy atom. The van der Waals surface area contributed by atoms with Gasteiger partial charge in [0.15, 0.2) is 0 Å². The summed E-state index contributed by atoms with van der Waals surface area (Å²) in [5.41, 5.74) is 2.91. The van der Waals surface area contributed by atoms with Crippen LogP contribution in [0.4, 0.5) is 5.69 Å². The van der Waals surface area contributed by atoms with E-state index < -0.39 is 0 Å². The summed E-state index contributed by atoms with van der Waals surface area (Å²) in [6.07, 6.45) is 8.98. The predicted octanol–water partition coefficient (Wildman–Crippen LogP) is 4.76. The van der Waals surface area contributed by atoms with Crippen LogP contribution in [-0.2, 0) is 17.8 Å². The normalized spacial score (nSPS) is 19.4. The van der Waals surface area contributed by atoms with Crippen molar-refractivity contribution in [2.45, 2.75) is 44.7 Å². The Bertz CT molecular complexity index is 914. The van der Waals surface area contributed by atoms with Crippen LogP contribution in [0.5, 0.6) is 11.5 Å². The summed E-state index contributed by atoms with van der Waals surface area (Å²) < 4.78 is 5.18. The number of carbonyl (C=O) groups is 1. The Kier molecular flexibility index (Phi) is 10.2. The summed E-state index contributed by atoms with van der Waals surface area (Å²) in [5, 5.41) is 13.6. The number of methoxy groups -OCH3 is 1. The van der Waals surface area contributed by atoms with Crippen LogP contribution in [0.1, 0.15) is 36.8 Å². The second-order valence-corrected chi connectivity index (χ2v) is 8.18. The number of hydrogen-bond acceptors (Lipinski definition) is 4. The topological polar surface area (TPSA) is 61.8 Å². The van der Waals surface area contributed by atoms with Crippen LogP contribution in [0.3, 0.4) is 0 Å². The Balaban J connectivity index is 0.00000181. The van der Waals surface area contributed by atoms with Crippen LogP contribution in [0.25, 0.3) is 0 Å². The number of hydrogen-bond donors (Lipinski definition) is 2. The van der Waals surface area contributed by atoms with Crippen molar-refractivity contribution in [2.24, 2.45) is 5.92 Å². The summed E-state index contributed by atoms with van der Waals surface area (Å²) in [6, 6.07) is 14.8. The van der Waals surface area contributed by atoms with Crippen LogP contribution in [0.15, 0.2) is 48.6 Å². The molecule has 1 heterocycles. The SMILES string of the molecule is COc1[c-]cc(CC2CCC(=O)N2Cc2ccc(O)c(NCC3C=CCC3)c2)cc1.[CH3-].[U+2]. The van der Waals surface area contributed by atoms with Gasteiger partial charge in [-0.1, -0.05) is 24.6 Å². The molecule has 0 saturated carbocycles. The molecule has 1 amide bonds. The molecule has 1 aliphatic carbocycles. The van der Waals surface area contributed by atoms with Gasteiger partial charge in [-0.3, -0.25) is 4.79 Å². The number of benzene rings is 2. The standard InChI is InChI=1S/C25H29N2O3.CH3.U/c1-30-22-10-6-18(7-11-22)14-21-9-13-25(29)27(21)17-20-8-12-24(28)23(15-20)26-16-19-4-2-3-5-19;;/h2,4,6-8,10,12,15,19,21,26,28H,3,5,9,13-14,16-17H2,1H3;1H3;/q2*-1;+2. The molecule has 1 fully saturated rings. The first-order valence-electron chi connectivity index (χ1n) is 10.7. The number of carbonyl (C=O) groups excluding carboxylic acids is 1. The Hall–Kier alpha value is -1.90. The molecule has 168 valence electrons.